The van der Waals surface area contributed by atoms with Crippen LogP contribution in [-0.4, -0.2) is 6.61 Å². The van der Waals surface area contributed by atoms with E-state index in [-0.39, 0.29) is 0 Å². The van der Waals surface area contributed by atoms with Crippen LogP contribution >= 0.6 is 0 Å². The van der Waals surface area contributed by atoms with Crippen LogP contribution in [0, 0.1) is 6.92 Å². The second kappa shape index (κ2) is 5.39. The van der Waals surface area contributed by atoms with E-state index in [9.17, 15) is 0 Å². The van der Waals surface area contributed by atoms with E-state index in [0.29, 0.717) is 6.61 Å². The summed E-state index contributed by atoms with van der Waals surface area (Å²) in [5.74, 6) is 0.908. The molecule has 2 aromatic rings. The number of benzene rings is 2. The number of para-hydroxylation sites is 1. The lowest BCUT2D eigenvalue weighted by Gasteiger charge is -2.10. The van der Waals surface area contributed by atoms with Gasteiger partial charge in [0.2, 0.25) is 0 Å². The molecule has 0 heterocycles. The number of hydrogen-bond donors (Lipinski definition) is 1. The number of hydrogen-bond acceptors (Lipinski definition) is 2. The molecule has 0 aliphatic heterocycles. The molecular weight excluding hydrogens is 210 g/mol. The van der Waals surface area contributed by atoms with Crippen LogP contribution in [0.1, 0.15) is 12.5 Å². The summed E-state index contributed by atoms with van der Waals surface area (Å²) in [5, 5.41) is 3.36. The Morgan fingerprint density at radius 1 is 1.00 bits per heavy atom. The van der Waals surface area contributed by atoms with Crippen molar-refractivity contribution < 1.29 is 4.74 Å². The van der Waals surface area contributed by atoms with Gasteiger partial charge < -0.3 is 10.1 Å². The van der Waals surface area contributed by atoms with Crippen molar-refractivity contribution in [1.82, 2.24) is 0 Å². The van der Waals surface area contributed by atoms with Gasteiger partial charge in [-0.15, -0.1) is 0 Å². The van der Waals surface area contributed by atoms with Gasteiger partial charge in [0.15, 0.2) is 0 Å². The summed E-state index contributed by atoms with van der Waals surface area (Å²) >= 11 is 0. The molecule has 0 amide bonds. The Morgan fingerprint density at radius 3 is 2.47 bits per heavy atom. The molecule has 2 rings (SSSR count). The molecule has 2 nitrogen and oxygen atoms in total. The Hall–Kier alpha value is -1.96. The normalized spacial score (nSPS) is 10.0. The highest BCUT2D eigenvalue weighted by molar-refractivity contribution is 5.62. The van der Waals surface area contributed by atoms with E-state index in [4.69, 9.17) is 4.74 Å². The smallest absolute Gasteiger partial charge is 0.121 e. The van der Waals surface area contributed by atoms with Gasteiger partial charge in [-0.2, -0.15) is 0 Å². The molecule has 0 unspecified atom stereocenters. The van der Waals surface area contributed by atoms with Gasteiger partial charge in [0.05, 0.1) is 6.61 Å². The van der Waals surface area contributed by atoms with Crippen LogP contribution in [0.4, 0.5) is 11.4 Å². The van der Waals surface area contributed by atoms with E-state index in [1.54, 1.807) is 0 Å². The standard InChI is InChI=1S/C15H17NO/c1-3-17-15-10-12(2)9-14(11-15)16-13-7-5-4-6-8-13/h4-11,16H,3H2,1-2H3. The molecule has 0 atom stereocenters. The average molecular weight is 227 g/mol. The van der Waals surface area contributed by atoms with E-state index in [1.807, 2.05) is 49.4 Å². The summed E-state index contributed by atoms with van der Waals surface area (Å²) in [4.78, 5) is 0. The van der Waals surface area contributed by atoms with Crippen LogP contribution in [0.15, 0.2) is 48.5 Å². The number of aryl methyl sites for hydroxylation is 1. The van der Waals surface area contributed by atoms with E-state index in [0.717, 1.165) is 17.1 Å². The number of ether oxygens (including phenoxy) is 1. The minimum Gasteiger partial charge on any atom is -0.494 e. The summed E-state index contributed by atoms with van der Waals surface area (Å²) in [7, 11) is 0. The van der Waals surface area contributed by atoms with Gasteiger partial charge in [-0.3, -0.25) is 0 Å². The molecule has 17 heavy (non-hydrogen) atoms. The third kappa shape index (κ3) is 3.25. The van der Waals surface area contributed by atoms with Gasteiger partial charge in [-0.1, -0.05) is 18.2 Å². The van der Waals surface area contributed by atoms with Crippen molar-refractivity contribution in [3.63, 3.8) is 0 Å². The Balaban J connectivity index is 2.21. The Labute approximate surface area is 102 Å². The van der Waals surface area contributed by atoms with Crippen molar-refractivity contribution in [3.05, 3.63) is 54.1 Å². The van der Waals surface area contributed by atoms with Crippen LogP contribution in [-0.2, 0) is 0 Å². The number of anilines is 2. The van der Waals surface area contributed by atoms with Crippen LogP contribution < -0.4 is 10.1 Å². The molecule has 0 aliphatic carbocycles. The summed E-state index contributed by atoms with van der Waals surface area (Å²) in [6.45, 7) is 4.75. The van der Waals surface area contributed by atoms with E-state index in [2.05, 4.69) is 18.3 Å². The zero-order chi connectivity index (χ0) is 12.1. The average Bonchev–Trinajstić information content (AvgIpc) is 2.30. The lowest BCUT2D eigenvalue weighted by atomic mass is 10.2. The Morgan fingerprint density at radius 2 is 1.76 bits per heavy atom. The maximum Gasteiger partial charge on any atom is 0.121 e. The second-order valence-corrected chi connectivity index (χ2v) is 3.96. The molecule has 2 aromatic carbocycles. The van der Waals surface area contributed by atoms with E-state index >= 15 is 0 Å². The van der Waals surface area contributed by atoms with E-state index in [1.165, 1.54) is 5.56 Å². The van der Waals surface area contributed by atoms with Gasteiger partial charge in [0.1, 0.15) is 5.75 Å². The van der Waals surface area contributed by atoms with Crippen LogP contribution in [0.25, 0.3) is 0 Å². The molecule has 0 aromatic heterocycles. The van der Waals surface area contributed by atoms with Crippen molar-refractivity contribution >= 4 is 11.4 Å². The molecule has 2 heteroatoms. The first-order chi connectivity index (χ1) is 8.28. The molecule has 88 valence electrons. The fourth-order valence-corrected chi connectivity index (χ4v) is 1.76. The van der Waals surface area contributed by atoms with Gasteiger partial charge in [-0.05, 0) is 43.7 Å². The topological polar surface area (TPSA) is 21.3 Å². The maximum atomic E-state index is 5.53. The highest BCUT2D eigenvalue weighted by Crippen LogP contribution is 2.23. The van der Waals surface area contributed by atoms with Crippen molar-refractivity contribution in [2.75, 3.05) is 11.9 Å². The molecule has 0 saturated heterocycles. The monoisotopic (exact) mass is 227 g/mol. The highest BCUT2D eigenvalue weighted by Gasteiger charge is 1.99. The molecular formula is C15H17NO. The van der Waals surface area contributed by atoms with Crippen LogP contribution in [0.2, 0.25) is 0 Å². The predicted octanol–water partition coefficient (Wildman–Crippen LogP) is 4.14. The molecule has 0 saturated carbocycles. The molecule has 0 spiro atoms. The van der Waals surface area contributed by atoms with Gasteiger partial charge in [0, 0.05) is 17.4 Å². The van der Waals surface area contributed by atoms with E-state index < -0.39 is 0 Å². The largest absolute Gasteiger partial charge is 0.494 e. The zero-order valence-corrected chi connectivity index (χ0v) is 10.2. The lowest BCUT2D eigenvalue weighted by Crippen LogP contribution is -1.95. The first-order valence-electron chi connectivity index (χ1n) is 5.84. The Kier molecular flexibility index (Phi) is 3.66. The van der Waals surface area contributed by atoms with Gasteiger partial charge in [0.25, 0.3) is 0 Å². The quantitative estimate of drug-likeness (QED) is 0.847. The Bertz CT molecular complexity index is 480. The lowest BCUT2D eigenvalue weighted by molar-refractivity contribution is 0.340. The highest BCUT2D eigenvalue weighted by atomic mass is 16.5. The third-order valence-corrected chi connectivity index (χ3v) is 2.42. The molecule has 0 fully saturated rings. The van der Waals surface area contributed by atoms with Crippen molar-refractivity contribution in [3.8, 4) is 5.75 Å². The predicted molar refractivity (Wildman–Crippen MR) is 72.1 cm³/mol. The van der Waals surface area contributed by atoms with Crippen molar-refractivity contribution in [2.45, 2.75) is 13.8 Å². The fourth-order valence-electron chi connectivity index (χ4n) is 1.76. The summed E-state index contributed by atoms with van der Waals surface area (Å²) in [5.41, 5.74) is 3.33. The van der Waals surface area contributed by atoms with Crippen LogP contribution in [0.3, 0.4) is 0 Å². The summed E-state index contributed by atoms with van der Waals surface area (Å²) in [6.07, 6.45) is 0. The first-order valence-corrected chi connectivity index (χ1v) is 5.84. The zero-order valence-electron chi connectivity index (χ0n) is 10.2. The summed E-state index contributed by atoms with van der Waals surface area (Å²) in [6, 6.07) is 16.3. The SMILES string of the molecule is CCOc1cc(C)cc(Nc2ccccc2)c1. The second-order valence-electron chi connectivity index (χ2n) is 3.96. The van der Waals surface area contributed by atoms with Crippen LogP contribution in [0.5, 0.6) is 5.75 Å². The molecule has 1 N–H and O–H groups in total. The molecule has 0 aliphatic rings. The first kappa shape index (κ1) is 11.5. The van der Waals surface area contributed by atoms with Gasteiger partial charge in [-0.25, -0.2) is 0 Å². The number of rotatable bonds is 4. The third-order valence-electron chi connectivity index (χ3n) is 2.42. The molecule has 0 bridgehead atoms. The fraction of sp³-hybridized carbons (Fsp3) is 0.200. The maximum absolute atomic E-state index is 5.53. The van der Waals surface area contributed by atoms with Crippen molar-refractivity contribution in [2.24, 2.45) is 0 Å². The summed E-state index contributed by atoms with van der Waals surface area (Å²) < 4.78 is 5.53. The van der Waals surface area contributed by atoms with Crippen molar-refractivity contribution in [1.29, 1.82) is 0 Å². The molecule has 0 radical (unpaired) electrons. The van der Waals surface area contributed by atoms with Gasteiger partial charge >= 0.3 is 0 Å². The minimum atomic E-state index is 0.689. The minimum absolute atomic E-state index is 0.689. The number of nitrogens with one attached hydrogen (secondary N) is 1.